The minimum atomic E-state index is -3.40. The lowest BCUT2D eigenvalue weighted by molar-refractivity contribution is -0.144. The van der Waals surface area contributed by atoms with Crippen LogP contribution in [0.4, 0.5) is 0 Å². The molecule has 0 bridgehead atoms. The van der Waals surface area contributed by atoms with E-state index >= 15 is 0 Å². The second kappa shape index (κ2) is 5.66. The molecule has 1 aliphatic heterocycles. The Morgan fingerprint density at radius 2 is 2.06 bits per heavy atom. The standard InChI is InChI=1S/C10H18N2O5S/c1-7(10(14)17-2)11-9(13)8-5-4-6-12(8)18(3,15)16/h7-8H,4-6H2,1-3H3,(H,11,13). The predicted molar refractivity (Wildman–Crippen MR) is 64.2 cm³/mol. The fraction of sp³-hybridized carbons (Fsp3) is 0.800. The third kappa shape index (κ3) is 3.42. The lowest BCUT2D eigenvalue weighted by atomic mass is 10.2. The summed E-state index contributed by atoms with van der Waals surface area (Å²) in [7, 11) is -2.18. The van der Waals surface area contributed by atoms with Gasteiger partial charge in [0.05, 0.1) is 13.4 Å². The molecule has 0 radical (unpaired) electrons. The Morgan fingerprint density at radius 3 is 2.56 bits per heavy atom. The molecule has 0 spiro atoms. The SMILES string of the molecule is COC(=O)C(C)NC(=O)C1CCCN1S(C)(=O)=O. The van der Waals surface area contributed by atoms with Crippen LogP contribution < -0.4 is 5.32 Å². The average molecular weight is 278 g/mol. The topological polar surface area (TPSA) is 92.8 Å². The molecule has 104 valence electrons. The highest BCUT2D eigenvalue weighted by molar-refractivity contribution is 7.88. The summed E-state index contributed by atoms with van der Waals surface area (Å²) in [6.45, 7) is 1.83. The molecule has 1 N–H and O–H groups in total. The molecule has 2 atom stereocenters. The third-order valence-corrected chi connectivity index (χ3v) is 4.13. The average Bonchev–Trinajstić information content (AvgIpc) is 2.76. The van der Waals surface area contributed by atoms with Gasteiger partial charge in [-0.15, -0.1) is 0 Å². The number of nitrogens with zero attached hydrogens (tertiary/aromatic N) is 1. The second-order valence-electron chi connectivity index (χ2n) is 4.29. The molecular formula is C10H18N2O5S. The number of esters is 1. The molecule has 0 aliphatic carbocycles. The molecule has 0 aromatic rings. The molecule has 0 aromatic carbocycles. The summed E-state index contributed by atoms with van der Waals surface area (Å²) in [4.78, 5) is 23.1. The number of ether oxygens (including phenoxy) is 1. The fourth-order valence-electron chi connectivity index (χ4n) is 1.94. The molecule has 8 heteroatoms. The highest BCUT2D eigenvalue weighted by Crippen LogP contribution is 2.20. The summed E-state index contributed by atoms with van der Waals surface area (Å²) in [6.07, 6.45) is 2.17. The van der Waals surface area contributed by atoms with Crippen molar-refractivity contribution >= 4 is 21.9 Å². The van der Waals surface area contributed by atoms with Crippen LogP contribution >= 0.6 is 0 Å². The van der Waals surface area contributed by atoms with E-state index in [2.05, 4.69) is 10.1 Å². The Hall–Kier alpha value is -1.15. The number of carbonyl (C=O) groups is 2. The maximum absolute atomic E-state index is 11.9. The zero-order valence-corrected chi connectivity index (χ0v) is 11.5. The van der Waals surface area contributed by atoms with Crippen LogP contribution in [0.15, 0.2) is 0 Å². The first-order valence-electron chi connectivity index (χ1n) is 5.62. The summed E-state index contributed by atoms with van der Waals surface area (Å²) in [5, 5.41) is 2.46. The van der Waals surface area contributed by atoms with Crippen molar-refractivity contribution in [3.8, 4) is 0 Å². The minimum Gasteiger partial charge on any atom is -0.467 e. The Labute approximate surface area is 107 Å². The van der Waals surface area contributed by atoms with E-state index in [9.17, 15) is 18.0 Å². The quantitative estimate of drug-likeness (QED) is 0.672. The number of amides is 1. The van der Waals surface area contributed by atoms with Gasteiger partial charge in [0.1, 0.15) is 12.1 Å². The van der Waals surface area contributed by atoms with Gasteiger partial charge in [0.2, 0.25) is 15.9 Å². The number of sulfonamides is 1. The first-order chi connectivity index (χ1) is 8.27. The maximum Gasteiger partial charge on any atom is 0.328 e. The minimum absolute atomic E-state index is 0.337. The van der Waals surface area contributed by atoms with Gasteiger partial charge in [0, 0.05) is 6.54 Å². The van der Waals surface area contributed by atoms with Crippen LogP contribution in [0.2, 0.25) is 0 Å². The zero-order chi connectivity index (χ0) is 13.9. The van der Waals surface area contributed by atoms with Crippen molar-refractivity contribution in [3.63, 3.8) is 0 Å². The van der Waals surface area contributed by atoms with E-state index < -0.39 is 34.0 Å². The Bertz CT molecular complexity index is 434. The van der Waals surface area contributed by atoms with Crippen molar-refractivity contribution in [2.45, 2.75) is 31.8 Å². The van der Waals surface area contributed by atoms with Gasteiger partial charge in [0.25, 0.3) is 0 Å². The fourth-order valence-corrected chi connectivity index (χ4v) is 3.07. The van der Waals surface area contributed by atoms with Crippen LogP contribution in [0.25, 0.3) is 0 Å². The summed E-state index contributed by atoms with van der Waals surface area (Å²) in [5.41, 5.74) is 0. The normalized spacial score (nSPS) is 22.5. The van der Waals surface area contributed by atoms with Crippen molar-refractivity contribution in [2.75, 3.05) is 19.9 Å². The Balaban J connectivity index is 2.70. The van der Waals surface area contributed by atoms with E-state index in [0.717, 1.165) is 10.6 Å². The lowest BCUT2D eigenvalue weighted by Crippen LogP contribution is -2.49. The van der Waals surface area contributed by atoms with Crippen LogP contribution in [0.5, 0.6) is 0 Å². The molecule has 1 heterocycles. The summed E-state index contributed by atoms with van der Waals surface area (Å²) >= 11 is 0. The highest BCUT2D eigenvalue weighted by atomic mass is 32.2. The second-order valence-corrected chi connectivity index (χ2v) is 6.22. The first-order valence-corrected chi connectivity index (χ1v) is 7.47. The Kier molecular flexibility index (Phi) is 4.69. The molecule has 0 aromatic heterocycles. The molecule has 1 fully saturated rings. The third-order valence-electron chi connectivity index (χ3n) is 2.85. The van der Waals surface area contributed by atoms with Gasteiger partial charge in [-0.2, -0.15) is 4.31 Å². The molecule has 1 rings (SSSR count). The summed E-state index contributed by atoms with van der Waals surface area (Å²) in [6, 6.07) is -1.52. The first kappa shape index (κ1) is 14.9. The van der Waals surface area contributed by atoms with Gasteiger partial charge in [-0.25, -0.2) is 13.2 Å². The highest BCUT2D eigenvalue weighted by Gasteiger charge is 2.37. The zero-order valence-electron chi connectivity index (χ0n) is 10.7. The van der Waals surface area contributed by atoms with Gasteiger partial charge >= 0.3 is 5.97 Å². The van der Waals surface area contributed by atoms with E-state index in [1.54, 1.807) is 0 Å². The van der Waals surface area contributed by atoms with E-state index in [-0.39, 0.29) is 0 Å². The van der Waals surface area contributed by atoms with Gasteiger partial charge in [-0.1, -0.05) is 0 Å². The van der Waals surface area contributed by atoms with Gasteiger partial charge in [-0.3, -0.25) is 4.79 Å². The molecule has 1 amide bonds. The van der Waals surface area contributed by atoms with Crippen molar-refractivity contribution in [1.29, 1.82) is 0 Å². The number of hydrogen-bond acceptors (Lipinski definition) is 5. The van der Waals surface area contributed by atoms with Crippen LogP contribution in [-0.4, -0.2) is 56.6 Å². The van der Waals surface area contributed by atoms with Crippen LogP contribution in [0, 0.1) is 0 Å². The van der Waals surface area contributed by atoms with Gasteiger partial charge < -0.3 is 10.1 Å². The van der Waals surface area contributed by atoms with E-state index in [0.29, 0.717) is 19.4 Å². The summed E-state index contributed by atoms with van der Waals surface area (Å²) in [5.74, 6) is -1.02. The molecular weight excluding hydrogens is 260 g/mol. The van der Waals surface area contributed by atoms with E-state index in [1.807, 2.05) is 0 Å². The van der Waals surface area contributed by atoms with E-state index in [1.165, 1.54) is 14.0 Å². The van der Waals surface area contributed by atoms with Gasteiger partial charge in [0.15, 0.2) is 0 Å². The monoisotopic (exact) mass is 278 g/mol. The molecule has 1 saturated heterocycles. The Morgan fingerprint density at radius 1 is 1.44 bits per heavy atom. The van der Waals surface area contributed by atoms with Crippen molar-refractivity contribution in [1.82, 2.24) is 9.62 Å². The number of rotatable bonds is 4. The van der Waals surface area contributed by atoms with Crippen molar-refractivity contribution in [3.05, 3.63) is 0 Å². The van der Waals surface area contributed by atoms with Crippen LogP contribution in [0.1, 0.15) is 19.8 Å². The predicted octanol–water partition coefficient (Wildman–Crippen LogP) is -0.912. The number of hydrogen-bond donors (Lipinski definition) is 1. The largest absolute Gasteiger partial charge is 0.467 e. The number of nitrogens with one attached hydrogen (secondary N) is 1. The van der Waals surface area contributed by atoms with Crippen LogP contribution in [0.3, 0.4) is 0 Å². The van der Waals surface area contributed by atoms with Gasteiger partial charge in [-0.05, 0) is 19.8 Å². The summed E-state index contributed by atoms with van der Waals surface area (Å²) < 4.78 is 28.6. The lowest BCUT2D eigenvalue weighted by Gasteiger charge is -2.22. The molecule has 0 saturated carbocycles. The van der Waals surface area contributed by atoms with Crippen molar-refractivity contribution in [2.24, 2.45) is 0 Å². The van der Waals surface area contributed by atoms with Crippen LogP contribution in [-0.2, 0) is 24.3 Å². The number of methoxy groups -OCH3 is 1. The molecule has 2 unspecified atom stereocenters. The maximum atomic E-state index is 11.9. The van der Waals surface area contributed by atoms with E-state index in [4.69, 9.17) is 0 Å². The molecule has 18 heavy (non-hydrogen) atoms. The smallest absolute Gasteiger partial charge is 0.328 e. The van der Waals surface area contributed by atoms with Crippen molar-refractivity contribution < 1.29 is 22.7 Å². The molecule has 7 nitrogen and oxygen atoms in total. The molecule has 1 aliphatic rings. The number of carbonyl (C=O) groups excluding carboxylic acids is 2.